The Hall–Kier alpha value is -3.00. The largest absolute Gasteiger partial charge is 0.348 e. The molecule has 1 aromatic heterocycles. The Balaban J connectivity index is 1.74. The number of benzene rings is 2. The second-order valence-electron chi connectivity index (χ2n) is 6.28. The van der Waals surface area contributed by atoms with Crippen LogP contribution in [0.2, 0.25) is 0 Å². The standard InChI is InChI=1S/C19H20N4O3S/c1-14(2)27(25,26)18-6-4-3-5-17(18)19(24)21-11-15-7-9-16(10-8-15)23-13-20-12-22-23/h3-10,12-14H,11H2,1-2H3,(H,21,24). The van der Waals surface area contributed by atoms with E-state index in [1.165, 1.54) is 18.5 Å². The molecule has 7 nitrogen and oxygen atoms in total. The highest BCUT2D eigenvalue weighted by Gasteiger charge is 2.25. The van der Waals surface area contributed by atoms with Gasteiger partial charge in [0.05, 0.1) is 21.4 Å². The van der Waals surface area contributed by atoms with Crippen molar-refractivity contribution in [1.29, 1.82) is 0 Å². The van der Waals surface area contributed by atoms with E-state index < -0.39 is 21.0 Å². The number of aromatic nitrogens is 3. The van der Waals surface area contributed by atoms with Crippen molar-refractivity contribution in [2.45, 2.75) is 30.5 Å². The van der Waals surface area contributed by atoms with Gasteiger partial charge in [-0.05, 0) is 43.7 Å². The summed E-state index contributed by atoms with van der Waals surface area (Å²) in [5, 5.41) is 6.24. The first-order valence-corrected chi connectivity index (χ1v) is 9.99. The third-order valence-corrected chi connectivity index (χ3v) is 6.34. The van der Waals surface area contributed by atoms with E-state index in [0.717, 1.165) is 11.3 Å². The molecule has 0 radical (unpaired) electrons. The Morgan fingerprint density at radius 1 is 1.11 bits per heavy atom. The molecular weight excluding hydrogens is 364 g/mol. The molecule has 1 N–H and O–H groups in total. The normalized spacial score (nSPS) is 11.5. The van der Waals surface area contributed by atoms with Crippen LogP contribution >= 0.6 is 0 Å². The molecule has 0 aliphatic rings. The molecule has 0 saturated heterocycles. The van der Waals surface area contributed by atoms with Gasteiger partial charge in [-0.3, -0.25) is 4.79 Å². The smallest absolute Gasteiger partial charge is 0.252 e. The summed E-state index contributed by atoms with van der Waals surface area (Å²) >= 11 is 0. The van der Waals surface area contributed by atoms with Crippen molar-refractivity contribution in [1.82, 2.24) is 20.1 Å². The van der Waals surface area contributed by atoms with Gasteiger partial charge in [-0.2, -0.15) is 5.10 Å². The van der Waals surface area contributed by atoms with Crippen LogP contribution in [0.15, 0.2) is 66.1 Å². The van der Waals surface area contributed by atoms with Gasteiger partial charge in [0.25, 0.3) is 5.91 Å². The zero-order valence-electron chi connectivity index (χ0n) is 15.0. The monoisotopic (exact) mass is 384 g/mol. The highest BCUT2D eigenvalue weighted by atomic mass is 32.2. The van der Waals surface area contributed by atoms with Crippen LogP contribution < -0.4 is 5.32 Å². The third kappa shape index (κ3) is 4.06. The number of hydrogen-bond donors (Lipinski definition) is 1. The molecule has 0 fully saturated rings. The van der Waals surface area contributed by atoms with E-state index in [-0.39, 0.29) is 17.0 Å². The number of nitrogens with zero attached hydrogens (tertiary/aromatic N) is 3. The van der Waals surface area contributed by atoms with Gasteiger partial charge in [-0.1, -0.05) is 24.3 Å². The van der Waals surface area contributed by atoms with Gasteiger partial charge in [-0.25, -0.2) is 18.1 Å². The minimum absolute atomic E-state index is 0.0547. The zero-order valence-corrected chi connectivity index (χ0v) is 15.8. The molecule has 0 aliphatic heterocycles. The maximum atomic E-state index is 12.6. The predicted molar refractivity (Wildman–Crippen MR) is 101 cm³/mol. The zero-order chi connectivity index (χ0) is 19.4. The summed E-state index contributed by atoms with van der Waals surface area (Å²) in [4.78, 5) is 16.5. The molecular formula is C19H20N4O3S. The van der Waals surface area contributed by atoms with Crippen molar-refractivity contribution in [3.63, 3.8) is 0 Å². The van der Waals surface area contributed by atoms with Crippen LogP contribution in [0.4, 0.5) is 0 Å². The molecule has 140 valence electrons. The number of carbonyl (C=O) groups excluding carboxylic acids is 1. The van der Waals surface area contributed by atoms with Crippen molar-refractivity contribution in [2.75, 3.05) is 0 Å². The maximum Gasteiger partial charge on any atom is 0.252 e. The Kier molecular flexibility index (Phi) is 5.36. The van der Waals surface area contributed by atoms with Crippen molar-refractivity contribution < 1.29 is 13.2 Å². The van der Waals surface area contributed by atoms with Crippen LogP contribution in [-0.2, 0) is 16.4 Å². The van der Waals surface area contributed by atoms with Crippen LogP contribution in [0.25, 0.3) is 5.69 Å². The number of carbonyl (C=O) groups is 1. The molecule has 1 amide bonds. The third-order valence-electron chi connectivity index (χ3n) is 4.13. The maximum absolute atomic E-state index is 12.6. The molecule has 0 saturated carbocycles. The SMILES string of the molecule is CC(C)S(=O)(=O)c1ccccc1C(=O)NCc1ccc(-n2cncn2)cc1. The van der Waals surface area contributed by atoms with Crippen LogP contribution in [0, 0.1) is 0 Å². The Morgan fingerprint density at radius 2 is 1.81 bits per heavy atom. The highest BCUT2D eigenvalue weighted by molar-refractivity contribution is 7.92. The highest BCUT2D eigenvalue weighted by Crippen LogP contribution is 2.20. The van der Waals surface area contributed by atoms with Gasteiger partial charge in [0.15, 0.2) is 9.84 Å². The summed E-state index contributed by atoms with van der Waals surface area (Å²) in [5.41, 5.74) is 1.90. The first kappa shape index (κ1) is 18.8. The topological polar surface area (TPSA) is 94.0 Å². The minimum Gasteiger partial charge on any atom is -0.348 e. The van der Waals surface area contributed by atoms with Crippen LogP contribution in [0.5, 0.6) is 0 Å². The van der Waals surface area contributed by atoms with E-state index in [1.807, 2.05) is 24.3 Å². The van der Waals surface area contributed by atoms with Crippen LogP contribution in [0.3, 0.4) is 0 Å². The average Bonchev–Trinajstić information content (AvgIpc) is 3.21. The molecule has 0 unspecified atom stereocenters. The van der Waals surface area contributed by atoms with Gasteiger partial charge < -0.3 is 5.32 Å². The molecule has 0 aliphatic carbocycles. The van der Waals surface area contributed by atoms with Crippen molar-refractivity contribution in [2.24, 2.45) is 0 Å². The molecule has 1 heterocycles. The predicted octanol–water partition coefficient (Wildman–Crippen LogP) is 2.38. The Morgan fingerprint density at radius 3 is 2.44 bits per heavy atom. The lowest BCUT2D eigenvalue weighted by atomic mass is 10.2. The fraction of sp³-hybridized carbons (Fsp3) is 0.211. The molecule has 0 atom stereocenters. The van der Waals surface area contributed by atoms with E-state index in [2.05, 4.69) is 15.4 Å². The summed E-state index contributed by atoms with van der Waals surface area (Å²) < 4.78 is 26.6. The Labute approximate surface area is 158 Å². The minimum atomic E-state index is -3.54. The quantitative estimate of drug-likeness (QED) is 0.704. The average molecular weight is 384 g/mol. The summed E-state index contributed by atoms with van der Waals surface area (Å²) in [6.45, 7) is 3.48. The van der Waals surface area contributed by atoms with Gasteiger partial charge in [-0.15, -0.1) is 0 Å². The second-order valence-corrected chi connectivity index (χ2v) is 8.75. The molecule has 2 aromatic carbocycles. The first-order valence-electron chi connectivity index (χ1n) is 8.44. The van der Waals surface area contributed by atoms with Gasteiger partial charge in [0, 0.05) is 6.54 Å². The van der Waals surface area contributed by atoms with Gasteiger partial charge in [0.2, 0.25) is 0 Å². The molecule has 27 heavy (non-hydrogen) atoms. The number of amides is 1. The lowest BCUT2D eigenvalue weighted by Gasteiger charge is -2.13. The Bertz CT molecular complexity index is 1030. The molecule has 3 rings (SSSR count). The molecule has 3 aromatic rings. The van der Waals surface area contributed by atoms with Crippen molar-refractivity contribution in [3.8, 4) is 5.69 Å². The molecule has 0 spiro atoms. The second kappa shape index (κ2) is 7.71. The lowest BCUT2D eigenvalue weighted by Crippen LogP contribution is -2.26. The number of sulfone groups is 1. The van der Waals surface area contributed by atoms with E-state index in [4.69, 9.17) is 0 Å². The van der Waals surface area contributed by atoms with Gasteiger partial charge >= 0.3 is 0 Å². The van der Waals surface area contributed by atoms with E-state index in [1.54, 1.807) is 37.0 Å². The lowest BCUT2D eigenvalue weighted by molar-refractivity contribution is 0.0947. The molecule has 0 bridgehead atoms. The number of hydrogen-bond acceptors (Lipinski definition) is 5. The molecule has 8 heteroatoms. The fourth-order valence-electron chi connectivity index (χ4n) is 2.54. The summed E-state index contributed by atoms with van der Waals surface area (Å²) in [5.74, 6) is -0.421. The summed E-state index contributed by atoms with van der Waals surface area (Å²) in [6, 6.07) is 13.7. The van der Waals surface area contributed by atoms with Crippen molar-refractivity contribution in [3.05, 3.63) is 72.3 Å². The van der Waals surface area contributed by atoms with E-state index in [9.17, 15) is 13.2 Å². The number of nitrogens with one attached hydrogen (secondary N) is 1. The van der Waals surface area contributed by atoms with E-state index >= 15 is 0 Å². The van der Waals surface area contributed by atoms with Crippen LogP contribution in [0.1, 0.15) is 29.8 Å². The summed E-state index contributed by atoms with van der Waals surface area (Å²) in [7, 11) is -3.54. The fourth-order valence-corrected chi connectivity index (χ4v) is 3.79. The van der Waals surface area contributed by atoms with Crippen LogP contribution in [-0.4, -0.2) is 34.3 Å². The van der Waals surface area contributed by atoms with Crippen molar-refractivity contribution >= 4 is 15.7 Å². The first-order chi connectivity index (χ1) is 12.9. The van der Waals surface area contributed by atoms with Gasteiger partial charge in [0.1, 0.15) is 12.7 Å². The summed E-state index contributed by atoms with van der Waals surface area (Å²) in [6.07, 6.45) is 3.06. The number of rotatable bonds is 6. The van der Waals surface area contributed by atoms with E-state index in [0.29, 0.717) is 0 Å².